The molecular formula is C13H18FN. The Kier molecular flexibility index (Phi) is 3.06. The molecule has 2 rings (SSSR count). The molecule has 0 saturated heterocycles. The van der Waals surface area contributed by atoms with Crippen molar-refractivity contribution in [2.45, 2.75) is 38.8 Å². The third-order valence-electron chi connectivity index (χ3n) is 3.04. The lowest BCUT2D eigenvalue weighted by atomic mass is 10.1. The van der Waals surface area contributed by atoms with Gasteiger partial charge in [0.2, 0.25) is 0 Å². The molecule has 1 aromatic rings. The summed E-state index contributed by atoms with van der Waals surface area (Å²) in [5.74, 6) is 0.680. The summed E-state index contributed by atoms with van der Waals surface area (Å²) in [4.78, 5) is 0. The number of halogens is 1. The highest BCUT2D eigenvalue weighted by Gasteiger charge is 2.32. The minimum Gasteiger partial charge on any atom is -0.311 e. The van der Waals surface area contributed by atoms with E-state index in [1.54, 1.807) is 12.1 Å². The predicted octanol–water partition coefficient (Wildman–Crippen LogP) is 2.75. The van der Waals surface area contributed by atoms with E-state index >= 15 is 0 Å². The zero-order chi connectivity index (χ0) is 10.8. The van der Waals surface area contributed by atoms with E-state index in [4.69, 9.17) is 0 Å². The third kappa shape index (κ3) is 3.03. The monoisotopic (exact) mass is 207 g/mol. The van der Waals surface area contributed by atoms with Gasteiger partial charge in [0.25, 0.3) is 0 Å². The summed E-state index contributed by atoms with van der Waals surface area (Å²) in [5, 5.41) is 3.55. The molecule has 3 unspecified atom stereocenters. The maximum Gasteiger partial charge on any atom is 0.123 e. The van der Waals surface area contributed by atoms with Gasteiger partial charge in [-0.1, -0.05) is 19.1 Å². The molecule has 1 saturated carbocycles. The van der Waals surface area contributed by atoms with E-state index in [1.165, 1.54) is 12.5 Å². The first-order chi connectivity index (χ1) is 7.15. The maximum atomic E-state index is 12.9. The van der Waals surface area contributed by atoms with E-state index in [9.17, 15) is 4.39 Å². The van der Waals surface area contributed by atoms with Crippen LogP contribution in [0.15, 0.2) is 24.3 Å². The number of nitrogens with one attached hydrogen (secondary N) is 1. The molecule has 1 fully saturated rings. The summed E-state index contributed by atoms with van der Waals surface area (Å²) in [7, 11) is 0. The highest BCUT2D eigenvalue weighted by molar-refractivity contribution is 5.17. The lowest BCUT2D eigenvalue weighted by molar-refractivity contribution is 0.525. The minimum absolute atomic E-state index is 0.139. The average molecular weight is 207 g/mol. The fourth-order valence-corrected chi connectivity index (χ4v) is 2.00. The molecule has 1 aliphatic carbocycles. The Labute approximate surface area is 90.7 Å². The molecule has 1 N–H and O–H groups in total. The Morgan fingerprint density at radius 3 is 2.87 bits per heavy atom. The van der Waals surface area contributed by atoms with Crippen molar-refractivity contribution in [3.05, 3.63) is 35.6 Å². The predicted molar refractivity (Wildman–Crippen MR) is 60.3 cm³/mol. The molecule has 1 aromatic carbocycles. The molecule has 0 amide bonds. The van der Waals surface area contributed by atoms with Gasteiger partial charge in [-0.15, -0.1) is 0 Å². The molecule has 3 atom stereocenters. The van der Waals surface area contributed by atoms with Crippen LogP contribution in [0.2, 0.25) is 0 Å². The average Bonchev–Trinajstić information content (AvgIpc) is 2.81. The van der Waals surface area contributed by atoms with Crippen LogP contribution in [0.4, 0.5) is 4.39 Å². The largest absolute Gasteiger partial charge is 0.311 e. The molecule has 0 bridgehead atoms. The summed E-state index contributed by atoms with van der Waals surface area (Å²) in [6, 6.07) is 7.99. The van der Waals surface area contributed by atoms with E-state index in [1.807, 2.05) is 6.07 Å². The Morgan fingerprint density at radius 1 is 1.53 bits per heavy atom. The van der Waals surface area contributed by atoms with Crippen LogP contribution in [0.5, 0.6) is 0 Å². The second kappa shape index (κ2) is 4.31. The van der Waals surface area contributed by atoms with Crippen LogP contribution in [0.3, 0.4) is 0 Å². The van der Waals surface area contributed by atoms with Crippen molar-refractivity contribution in [1.82, 2.24) is 5.32 Å². The molecule has 0 aromatic heterocycles. The molecule has 15 heavy (non-hydrogen) atoms. The van der Waals surface area contributed by atoms with Crippen molar-refractivity contribution < 1.29 is 4.39 Å². The van der Waals surface area contributed by atoms with Crippen LogP contribution in [0.1, 0.15) is 25.8 Å². The molecule has 0 radical (unpaired) electrons. The van der Waals surface area contributed by atoms with Crippen molar-refractivity contribution in [3.8, 4) is 0 Å². The van der Waals surface area contributed by atoms with E-state index in [0.29, 0.717) is 12.1 Å². The first-order valence-electron chi connectivity index (χ1n) is 5.65. The number of rotatable bonds is 4. The lowest BCUT2D eigenvalue weighted by Crippen LogP contribution is -2.30. The lowest BCUT2D eigenvalue weighted by Gasteiger charge is -2.13. The van der Waals surface area contributed by atoms with E-state index in [0.717, 1.165) is 17.9 Å². The second-order valence-electron chi connectivity index (χ2n) is 4.72. The van der Waals surface area contributed by atoms with E-state index < -0.39 is 0 Å². The number of hydrogen-bond acceptors (Lipinski definition) is 1. The first kappa shape index (κ1) is 10.6. The van der Waals surface area contributed by atoms with Crippen LogP contribution >= 0.6 is 0 Å². The van der Waals surface area contributed by atoms with E-state index in [2.05, 4.69) is 19.2 Å². The van der Waals surface area contributed by atoms with Gasteiger partial charge >= 0.3 is 0 Å². The van der Waals surface area contributed by atoms with Gasteiger partial charge in [0.1, 0.15) is 5.82 Å². The first-order valence-corrected chi connectivity index (χ1v) is 5.65. The van der Waals surface area contributed by atoms with E-state index in [-0.39, 0.29) is 5.82 Å². The molecule has 82 valence electrons. The molecule has 0 aliphatic heterocycles. The zero-order valence-corrected chi connectivity index (χ0v) is 9.33. The standard InChI is InChI=1S/C13H18FN/c1-9-6-13(9)15-10(2)7-11-4-3-5-12(14)8-11/h3-5,8-10,13,15H,6-7H2,1-2H3. The van der Waals surface area contributed by atoms with Crippen molar-refractivity contribution in [2.24, 2.45) is 5.92 Å². The van der Waals surface area contributed by atoms with Gasteiger partial charge in [-0.3, -0.25) is 0 Å². The fourth-order valence-electron chi connectivity index (χ4n) is 2.00. The van der Waals surface area contributed by atoms with Gasteiger partial charge in [-0.25, -0.2) is 4.39 Å². The minimum atomic E-state index is -0.139. The van der Waals surface area contributed by atoms with Gasteiger partial charge in [0.15, 0.2) is 0 Å². The van der Waals surface area contributed by atoms with Gasteiger partial charge in [0, 0.05) is 12.1 Å². The zero-order valence-electron chi connectivity index (χ0n) is 9.33. The SMILES string of the molecule is CC(Cc1cccc(F)c1)NC1CC1C. The molecule has 1 aliphatic rings. The summed E-state index contributed by atoms with van der Waals surface area (Å²) in [6.45, 7) is 4.42. The van der Waals surface area contributed by atoms with Gasteiger partial charge in [0.05, 0.1) is 0 Å². The van der Waals surface area contributed by atoms with Crippen molar-refractivity contribution in [3.63, 3.8) is 0 Å². The van der Waals surface area contributed by atoms with Crippen LogP contribution in [0, 0.1) is 11.7 Å². The molecule has 0 heterocycles. The second-order valence-corrected chi connectivity index (χ2v) is 4.72. The van der Waals surface area contributed by atoms with Crippen molar-refractivity contribution in [2.75, 3.05) is 0 Å². The Hall–Kier alpha value is -0.890. The molecule has 0 spiro atoms. The van der Waals surface area contributed by atoms with Crippen molar-refractivity contribution in [1.29, 1.82) is 0 Å². The maximum absolute atomic E-state index is 12.9. The summed E-state index contributed by atoms with van der Waals surface area (Å²) >= 11 is 0. The smallest absolute Gasteiger partial charge is 0.123 e. The molecule has 2 heteroatoms. The Balaban J connectivity index is 1.85. The van der Waals surface area contributed by atoms with Gasteiger partial charge < -0.3 is 5.32 Å². The highest BCUT2D eigenvalue weighted by Crippen LogP contribution is 2.29. The van der Waals surface area contributed by atoms with Crippen LogP contribution in [0.25, 0.3) is 0 Å². The summed E-state index contributed by atoms with van der Waals surface area (Å²) in [6.07, 6.45) is 2.19. The fraction of sp³-hybridized carbons (Fsp3) is 0.538. The molecule has 1 nitrogen and oxygen atoms in total. The summed E-state index contributed by atoms with van der Waals surface area (Å²) in [5.41, 5.74) is 1.07. The highest BCUT2D eigenvalue weighted by atomic mass is 19.1. The number of benzene rings is 1. The quantitative estimate of drug-likeness (QED) is 0.800. The Bertz CT molecular complexity index is 337. The third-order valence-corrected chi connectivity index (χ3v) is 3.04. The van der Waals surface area contributed by atoms with Crippen LogP contribution in [-0.2, 0) is 6.42 Å². The van der Waals surface area contributed by atoms with Crippen LogP contribution < -0.4 is 5.32 Å². The number of hydrogen-bond donors (Lipinski definition) is 1. The normalized spacial score (nSPS) is 26.3. The van der Waals surface area contributed by atoms with Gasteiger partial charge in [-0.2, -0.15) is 0 Å². The Morgan fingerprint density at radius 2 is 2.27 bits per heavy atom. The van der Waals surface area contributed by atoms with Crippen LogP contribution in [-0.4, -0.2) is 12.1 Å². The van der Waals surface area contributed by atoms with Gasteiger partial charge in [-0.05, 0) is 43.4 Å². The summed E-state index contributed by atoms with van der Waals surface area (Å²) < 4.78 is 12.9. The van der Waals surface area contributed by atoms with Crippen molar-refractivity contribution >= 4 is 0 Å². The topological polar surface area (TPSA) is 12.0 Å². The molecular weight excluding hydrogens is 189 g/mol.